The lowest BCUT2D eigenvalue weighted by Crippen LogP contribution is -2.48. The van der Waals surface area contributed by atoms with Crippen molar-refractivity contribution in [2.24, 2.45) is 5.92 Å². The maximum Gasteiger partial charge on any atom is 0.326 e. The van der Waals surface area contributed by atoms with Gasteiger partial charge in [-0.1, -0.05) is 26.7 Å². The van der Waals surface area contributed by atoms with Gasteiger partial charge in [0.05, 0.1) is 5.25 Å². The van der Waals surface area contributed by atoms with Gasteiger partial charge in [-0.15, -0.1) is 11.8 Å². The third kappa shape index (κ3) is 4.22. The average molecular weight is 259 g/mol. The summed E-state index contributed by atoms with van der Waals surface area (Å²) in [4.78, 5) is 23.0. The van der Waals surface area contributed by atoms with Gasteiger partial charge >= 0.3 is 5.97 Å². The van der Waals surface area contributed by atoms with E-state index >= 15 is 0 Å². The van der Waals surface area contributed by atoms with Crippen molar-refractivity contribution >= 4 is 23.6 Å². The van der Waals surface area contributed by atoms with Gasteiger partial charge in [-0.2, -0.15) is 0 Å². The van der Waals surface area contributed by atoms with Gasteiger partial charge in [0.1, 0.15) is 6.04 Å². The average Bonchev–Trinajstić information content (AvgIpc) is 2.35. The summed E-state index contributed by atoms with van der Waals surface area (Å²) in [6.07, 6.45) is 3.83. The number of carboxylic acid groups (broad SMARTS) is 1. The van der Waals surface area contributed by atoms with E-state index in [1.165, 1.54) is 0 Å². The van der Waals surface area contributed by atoms with Gasteiger partial charge in [0.25, 0.3) is 0 Å². The van der Waals surface area contributed by atoms with Crippen molar-refractivity contribution in [2.75, 3.05) is 5.75 Å². The lowest BCUT2D eigenvalue weighted by molar-refractivity contribution is -0.143. The van der Waals surface area contributed by atoms with Crippen LogP contribution in [0, 0.1) is 5.92 Å². The molecule has 4 nitrogen and oxygen atoms in total. The number of rotatable bonds is 5. The van der Waals surface area contributed by atoms with Crippen molar-refractivity contribution in [3.05, 3.63) is 0 Å². The molecule has 1 saturated heterocycles. The Labute approximate surface area is 107 Å². The molecule has 1 aliphatic heterocycles. The van der Waals surface area contributed by atoms with Gasteiger partial charge < -0.3 is 10.4 Å². The molecule has 0 bridgehead atoms. The van der Waals surface area contributed by atoms with Gasteiger partial charge in [0.2, 0.25) is 5.91 Å². The fraction of sp³-hybridized carbons (Fsp3) is 0.833. The van der Waals surface area contributed by atoms with Gasteiger partial charge in [0.15, 0.2) is 0 Å². The topological polar surface area (TPSA) is 66.4 Å². The summed E-state index contributed by atoms with van der Waals surface area (Å²) in [5.41, 5.74) is 0. The second-order valence-electron chi connectivity index (χ2n) is 4.57. The summed E-state index contributed by atoms with van der Waals surface area (Å²) >= 11 is 1.64. The summed E-state index contributed by atoms with van der Waals surface area (Å²) in [5.74, 6) is -0.0833. The first-order chi connectivity index (χ1) is 8.06. The van der Waals surface area contributed by atoms with Crippen LogP contribution in [0.1, 0.15) is 39.5 Å². The monoisotopic (exact) mass is 259 g/mol. The number of thioether (sulfide) groups is 1. The van der Waals surface area contributed by atoms with Crippen LogP contribution in [0.2, 0.25) is 0 Å². The van der Waals surface area contributed by atoms with Crippen LogP contribution >= 0.6 is 11.8 Å². The number of carbonyl (C=O) groups excluding carboxylic acids is 1. The zero-order valence-electron chi connectivity index (χ0n) is 10.4. The maximum absolute atomic E-state index is 11.9. The first-order valence-corrected chi connectivity index (χ1v) is 7.26. The first kappa shape index (κ1) is 14.4. The molecule has 0 aromatic heterocycles. The van der Waals surface area contributed by atoms with Crippen LogP contribution in [0.15, 0.2) is 0 Å². The van der Waals surface area contributed by atoms with Gasteiger partial charge in [-0.05, 0) is 24.5 Å². The Hall–Kier alpha value is -0.710. The largest absolute Gasteiger partial charge is 0.480 e. The van der Waals surface area contributed by atoms with E-state index in [0.29, 0.717) is 0 Å². The van der Waals surface area contributed by atoms with Crippen LogP contribution in [-0.4, -0.2) is 34.0 Å². The van der Waals surface area contributed by atoms with E-state index < -0.39 is 12.0 Å². The molecule has 0 radical (unpaired) electrons. The van der Waals surface area contributed by atoms with E-state index in [2.05, 4.69) is 5.32 Å². The maximum atomic E-state index is 11.9. The zero-order chi connectivity index (χ0) is 12.8. The molecule has 0 spiro atoms. The Bertz CT molecular complexity index is 277. The molecule has 1 fully saturated rings. The number of amides is 1. The molecule has 3 atom stereocenters. The summed E-state index contributed by atoms with van der Waals surface area (Å²) < 4.78 is 0. The molecule has 0 aliphatic carbocycles. The molecule has 1 amide bonds. The molecule has 2 N–H and O–H groups in total. The van der Waals surface area contributed by atoms with Crippen LogP contribution in [0.4, 0.5) is 0 Å². The van der Waals surface area contributed by atoms with Gasteiger partial charge in [0, 0.05) is 0 Å². The number of nitrogens with one attached hydrogen (secondary N) is 1. The number of carbonyl (C=O) groups is 2. The van der Waals surface area contributed by atoms with E-state index in [0.717, 1.165) is 31.4 Å². The Morgan fingerprint density at radius 2 is 2.18 bits per heavy atom. The first-order valence-electron chi connectivity index (χ1n) is 6.21. The lowest BCUT2D eigenvalue weighted by Gasteiger charge is -2.25. The Morgan fingerprint density at radius 3 is 2.65 bits per heavy atom. The second kappa shape index (κ2) is 6.89. The van der Waals surface area contributed by atoms with E-state index in [9.17, 15) is 9.59 Å². The normalized spacial score (nSPS) is 23.8. The zero-order valence-corrected chi connectivity index (χ0v) is 11.3. The fourth-order valence-electron chi connectivity index (χ4n) is 1.88. The smallest absolute Gasteiger partial charge is 0.326 e. The van der Waals surface area contributed by atoms with E-state index in [1.807, 2.05) is 13.8 Å². The third-order valence-corrected chi connectivity index (χ3v) is 4.63. The van der Waals surface area contributed by atoms with Crippen LogP contribution in [0.3, 0.4) is 0 Å². The molecule has 1 rings (SSSR count). The fourth-order valence-corrected chi connectivity index (χ4v) is 3.08. The molecule has 3 unspecified atom stereocenters. The Kier molecular flexibility index (Phi) is 5.82. The molecule has 0 saturated carbocycles. The van der Waals surface area contributed by atoms with E-state index in [1.54, 1.807) is 11.8 Å². The van der Waals surface area contributed by atoms with Crippen LogP contribution in [0.5, 0.6) is 0 Å². The highest BCUT2D eigenvalue weighted by atomic mass is 32.2. The van der Waals surface area contributed by atoms with Crippen molar-refractivity contribution < 1.29 is 14.7 Å². The summed E-state index contributed by atoms with van der Waals surface area (Å²) in [6.45, 7) is 3.79. The Balaban J connectivity index is 2.53. The highest BCUT2D eigenvalue weighted by Gasteiger charge is 2.29. The molecule has 17 heavy (non-hydrogen) atoms. The molecule has 5 heteroatoms. The molecular weight excluding hydrogens is 238 g/mol. The van der Waals surface area contributed by atoms with E-state index in [4.69, 9.17) is 5.11 Å². The summed E-state index contributed by atoms with van der Waals surface area (Å²) in [5, 5.41) is 11.7. The number of aliphatic carboxylic acids is 1. The highest BCUT2D eigenvalue weighted by Crippen LogP contribution is 2.25. The minimum absolute atomic E-state index is 0.0370. The minimum atomic E-state index is -0.937. The SMILES string of the molecule is CCC(C)C(NC(=O)C1CCCCS1)C(=O)O. The highest BCUT2D eigenvalue weighted by molar-refractivity contribution is 8.00. The standard InChI is InChI=1S/C12H21NO3S/c1-3-8(2)10(12(15)16)13-11(14)9-6-4-5-7-17-9/h8-10H,3-7H2,1-2H3,(H,13,14)(H,15,16). The van der Waals surface area contributed by atoms with Crippen molar-refractivity contribution in [3.63, 3.8) is 0 Å². The van der Waals surface area contributed by atoms with Crippen LogP contribution in [-0.2, 0) is 9.59 Å². The molecule has 0 aromatic rings. The molecule has 0 aromatic carbocycles. The van der Waals surface area contributed by atoms with Crippen molar-refractivity contribution in [2.45, 2.75) is 50.8 Å². The summed E-state index contributed by atoms with van der Waals surface area (Å²) in [6, 6.07) is -0.755. The van der Waals surface area contributed by atoms with E-state index in [-0.39, 0.29) is 17.1 Å². The van der Waals surface area contributed by atoms with Crippen molar-refractivity contribution in [1.82, 2.24) is 5.32 Å². The van der Waals surface area contributed by atoms with Gasteiger partial charge in [-0.25, -0.2) is 4.79 Å². The minimum Gasteiger partial charge on any atom is -0.480 e. The lowest BCUT2D eigenvalue weighted by atomic mass is 9.99. The third-order valence-electron chi connectivity index (χ3n) is 3.25. The molecular formula is C12H21NO3S. The Morgan fingerprint density at radius 1 is 1.47 bits per heavy atom. The molecule has 1 aliphatic rings. The number of hydrogen-bond donors (Lipinski definition) is 2. The van der Waals surface area contributed by atoms with Gasteiger partial charge in [-0.3, -0.25) is 4.79 Å². The number of carboxylic acids is 1. The predicted octanol–water partition coefficient (Wildman–Crippen LogP) is 1.89. The number of hydrogen-bond acceptors (Lipinski definition) is 3. The van der Waals surface area contributed by atoms with Crippen LogP contribution in [0.25, 0.3) is 0 Å². The molecule has 1 heterocycles. The van der Waals surface area contributed by atoms with Crippen molar-refractivity contribution in [1.29, 1.82) is 0 Å². The quantitative estimate of drug-likeness (QED) is 0.791. The molecule has 98 valence electrons. The van der Waals surface area contributed by atoms with Crippen LogP contribution < -0.4 is 5.32 Å². The van der Waals surface area contributed by atoms with Crippen molar-refractivity contribution in [3.8, 4) is 0 Å². The summed E-state index contributed by atoms with van der Waals surface area (Å²) in [7, 11) is 0. The second-order valence-corrected chi connectivity index (χ2v) is 5.88. The predicted molar refractivity (Wildman–Crippen MR) is 69.1 cm³/mol.